The van der Waals surface area contributed by atoms with E-state index in [4.69, 9.17) is 0 Å². The minimum absolute atomic E-state index is 0.0801. The number of anilines is 1. The van der Waals surface area contributed by atoms with E-state index < -0.39 is 17.5 Å². The van der Waals surface area contributed by atoms with Gasteiger partial charge >= 0.3 is 0 Å². The lowest BCUT2D eigenvalue weighted by Gasteiger charge is -2.36. The number of benzene rings is 2. The van der Waals surface area contributed by atoms with E-state index in [0.29, 0.717) is 31.9 Å². The second-order valence-electron chi connectivity index (χ2n) is 6.34. The Morgan fingerprint density at radius 1 is 0.929 bits per heavy atom. The van der Waals surface area contributed by atoms with Crippen LogP contribution in [0.4, 0.5) is 14.5 Å². The molecule has 1 N–H and O–H groups in total. The fourth-order valence-electron chi connectivity index (χ4n) is 3.01. The predicted molar refractivity (Wildman–Crippen MR) is 98.9 cm³/mol. The summed E-state index contributed by atoms with van der Waals surface area (Å²) in [5.74, 6) is -3.15. The van der Waals surface area contributed by atoms with Gasteiger partial charge in [-0.3, -0.25) is 14.4 Å². The molecule has 8 heteroatoms. The minimum atomic E-state index is -0.969. The number of hydrogen-bond acceptors (Lipinski definition) is 4. The zero-order valence-corrected chi connectivity index (χ0v) is 15.0. The Balaban J connectivity index is 1.49. The summed E-state index contributed by atoms with van der Waals surface area (Å²) in [6.45, 7) is 1.34. The second-order valence-corrected chi connectivity index (χ2v) is 6.34. The van der Waals surface area contributed by atoms with Gasteiger partial charge in [-0.25, -0.2) is 8.78 Å². The van der Waals surface area contributed by atoms with Gasteiger partial charge in [0.25, 0.3) is 5.91 Å². The molecule has 146 valence electrons. The SMILES string of the molecule is O=C(NCC(=O)N1CCN(c2ccccc2F)CC1)C(=O)c1cccc(F)c1. The van der Waals surface area contributed by atoms with Gasteiger partial charge in [0.15, 0.2) is 0 Å². The van der Waals surface area contributed by atoms with Crippen LogP contribution in [-0.2, 0) is 9.59 Å². The Kier molecular flexibility index (Phi) is 5.98. The predicted octanol–water partition coefficient (Wildman–Crippen LogP) is 1.61. The molecule has 0 atom stereocenters. The van der Waals surface area contributed by atoms with Crippen LogP contribution in [-0.4, -0.2) is 55.2 Å². The largest absolute Gasteiger partial charge is 0.366 e. The van der Waals surface area contributed by atoms with Crippen molar-refractivity contribution in [3.05, 3.63) is 65.7 Å². The van der Waals surface area contributed by atoms with Crippen LogP contribution >= 0.6 is 0 Å². The summed E-state index contributed by atoms with van der Waals surface area (Å²) in [4.78, 5) is 39.6. The van der Waals surface area contributed by atoms with Crippen LogP contribution in [0.2, 0.25) is 0 Å². The highest BCUT2D eigenvalue weighted by Gasteiger charge is 2.24. The van der Waals surface area contributed by atoms with Gasteiger partial charge < -0.3 is 15.1 Å². The molecule has 6 nitrogen and oxygen atoms in total. The van der Waals surface area contributed by atoms with E-state index in [2.05, 4.69) is 5.32 Å². The normalized spacial score (nSPS) is 13.9. The van der Waals surface area contributed by atoms with E-state index in [-0.39, 0.29) is 23.8 Å². The highest BCUT2D eigenvalue weighted by atomic mass is 19.1. The molecule has 0 aromatic heterocycles. The minimum Gasteiger partial charge on any atom is -0.366 e. The van der Waals surface area contributed by atoms with Crippen molar-refractivity contribution in [1.29, 1.82) is 0 Å². The molecule has 0 saturated carbocycles. The van der Waals surface area contributed by atoms with Crippen molar-refractivity contribution < 1.29 is 23.2 Å². The van der Waals surface area contributed by atoms with Gasteiger partial charge in [0, 0.05) is 31.7 Å². The summed E-state index contributed by atoms with van der Waals surface area (Å²) < 4.78 is 27.0. The monoisotopic (exact) mass is 387 g/mol. The van der Waals surface area contributed by atoms with Crippen molar-refractivity contribution in [2.24, 2.45) is 0 Å². The Hall–Kier alpha value is -3.29. The van der Waals surface area contributed by atoms with E-state index in [1.54, 1.807) is 23.1 Å². The summed E-state index contributed by atoms with van der Waals surface area (Å²) in [5, 5.41) is 2.27. The van der Waals surface area contributed by atoms with Gasteiger partial charge in [0.2, 0.25) is 11.7 Å². The molecule has 1 fully saturated rings. The van der Waals surface area contributed by atoms with Gasteiger partial charge in [-0.1, -0.05) is 24.3 Å². The summed E-state index contributed by atoms with van der Waals surface area (Å²) in [6.07, 6.45) is 0. The van der Waals surface area contributed by atoms with Crippen molar-refractivity contribution in [3.8, 4) is 0 Å². The highest BCUT2D eigenvalue weighted by molar-refractivity contribution is 6.43. The lowest BCUT2D eigenvalue weighted by atomic mass is 10.1. The van der Waals surface area contributed by atoms with Crippen LogP contribution in [0.1, 0.15) is 10.4 Å². The van der Waals surface area contributed by atoms with Crippen LogP contribution in [0.25, 0.3) is 0 Å². The number of halogens is 2. The quantitative estimate of drug-likeness (QED) is 0.625. The van der Waals surface area contributed by atoms with E-state index in [0.717, 1.165) is 6.07 Å². The van der Waals surface area contributed by atoms with Gasteiger partial charge in [-0.2, -0.15) is 0 Å². The van der Waals surface area contributed by atoms with E-state index >= 15 is 0 Å². The van der Waals surface area contributed by atoms with Crippen LogP contribution in [0, 0.1) is 11.6 Å². The first-order valence-corrected chi connectivity index (χ1v) is 8.81. The lowest BCUT2D eigenvalue weighted by molar-refractivity contribution is -0.132. The Morgan fingerprint density at radius 3 is 2.32 bits per heavy atom. The van der Waals surface area contributed by atoms with Crippen molar-refractivity contribution in [3.63, 3.8) is 0 Å². The summed E-state index contributed by atoms with van der Waals surface area (Å²) in [5.41, 5.74) is 0.409. The van der Waals surface area contributed by atoms with Crippen molar-refractivity contribution in [2.75, 3.05) is 37.6 Å². The molecule has 1 heterocycles. The molecule has 28 heavy (non-hydrogen) atoms. The number of ketones is 1. The molecule has 0 aliphatic carbocycles. The standard InChI is InChI=1S/C20H19F2N3O3/c21-15-5-3-4-14(12-15)19(27)20(28)23-13-18(26)25-10-8-24(9-11-25)17-7-2-1-6-16(17)22/h1-7,12H,8-11,13H2,(H,23,28). The number of para-hydroxylation sites is 1. The number of carbonyl (C=O) groups excluding carboxylic acids is 3. The molecule has 3 rings (SSSR count). The molecule has 0 radical (unpaired) electrons. The third-order valence-electron chi connectivity index (χ3n) is 4.52. The first-order valence-electron chi connectivity index (χ1n) is 8.81. The Labute approximate surface area is 160 Å². The fraction of sp³-hybridized carbons (Fsp3) is 0.250. The van der Waals surface area contributed by atoms with Crippen molar-refractivity contribution in [1.82, 2.24) is 10.2 Å². The fourth-order valence-corrected chi connectivity index (χ4v) is 3.01. The molecule has 2 aromatic rings. The molecule has 1 saturated heterocycles. The smallest absolute Gasteiger partial charge is 0.292 e. The number of carbonyl (C=O) groups is 3. The number of nitrogens with zero attached hydrogens (tertiary/aromatic N) is 2. The zero-order valence-electron chi connectivity index (χ0n) is 15.0. The number of piperazine rings is 1. The summed E-state index contributed by atoms with van der Waals surface area (Å²) in [6, 6.07) is 11.2. The molecule has 0 spiro atoms. The van der Waals surface area contributed by atoms with E-state index in [1.807, 2.05) is 4.90 Å². The number of amides is 2. The van der Waals surface area contributed by atoms with E-state index in [9.17, 15) is 23.2 Å². The molecule has 1 aliphatic heterocycles. The number of nitrogens with one attached hydrogen (secondary N) is 1. The van der Waals surface area contributed by atoms with Gasteiger partial charge in [-0.05, 0) is 24.3 Å². The topological polar surface area (TPSA) is 69.7 Å². The lowest BCUT2D eigenvalue weighted by Crippen LogP contribution is -2.51. The molecule has 2 amide bonds. The molecule has 0 bridgehead atoms. The summed E-state index contributed by atoms with van der Waals surface area (Å²) >= 11 is 0. The molecular formula is C20H19F2N3O3. The molecule has 2 aromatic carbocycles. The van der Waals surface area contributed by atoms with Crippen LogP contribution in [0.5, 0.6) is 0 Å². The van der Waals surface area contributed by atoms with Crippen molar-refractivity contribution >= 4 is 23.3 Å². The van der Waals surface area contributed by atoms with Gasteiger partial charge in [0.1, 0.15) is 11.6 Å². The molecule has 1 aliphatic rings. The van der Waals surface area contributed by atoms with Gasteiger partial charge in [0.05, 0.1) is 12.2 Å². The van der Waals surface area contributed by atoms with Crippen molar-refractivity contribution in [2.45, 2.75) is 0 Å². The highest BCUT2D eigenvalue weighted by Crippen LogP contribution is 2.20. The molecular weight excluding hydrogens is 368 g/mol. The first-order chi connectivity index (χ1) is 13.5. The second kappa shape index (κ2) is 8.60. The Bertz CT molecular complexity index is 896. The third kappa shape index (κ3) is 4.51. The molecule has 0 unspecified atom stereocenters. The number of hydrogen-bond donors (Lipinski definition) is 1. The van der Waals surface area contributed by atoms with Crippen LogP contribution in [0.3, 0.4) is 0 Å². The zero-order chi connectivity index (χ0) is 20.1. The average molecular weight is 387 g/mol. The average Bonchev–Trinajstić information content (AvgIpc) is 2.71. The first kappa shape index (κ1) is 19.5. The maximum atomic E-state index is 13.9. The Morgan fingerprint density at radius 2 is 1.64 bits per heavy atom. The third-order valence-corrected chi connectivity index (χ3v) is 4.52. The maximum Gasteiger partial charge on any atom is 0.292 e. The summed E-state index contributed by atoms with van der Waals surface area (Å²) in [7, 11) is 0. The van der Waals surface area contributed by atoms with Crippen LogP contribution < -0.4 is 10.2 Å². The number of Topliss-reactive ketones (excluding diaryl/α,β-unsaturated/α-hetero) is 1. The van der Waals surface area contributed by atoms with E-state index in [1.165, 1.54) is 24.3 Å². The maximum absolute atomic E-state index is 13.9. The van der Waals surface area contributed by atoms with Gasteiger partial charge in [-0.15, -0.1) is 0 Å². The number of rotatable bonds is 5. The van der Waals surface area contributed by atoms with Crippen LogP contribution in [0.15, 0.2) is 48.5 Å².